The lowest BCUT2D eigenvalue weighted by atomic mass is 9.97. The highest BCUT2D eigenvalue weighted by Gasteiger charge is 2.45. The molecule has 0 spiro atoms. The number of hydrogen-bond acceptors (Lipinski definition) is 7. The number of nitrogens with zero attached hydrogens (tertiary/aromatic N) is 5. The van der Waals surface area contributed by atoms with E-state index in [9.17, 15) is 9.18 Å². The van der Waals surface area contributed by atoms with Gasteiger partial charge in [0.05, 0.1) is 7.11 Å². The quantitative estimate of drug-likeness (QED) is 0.356. The lowest BCUT2D eigenvalue weighted by Crippen LogP contribution is -2.51. The van der Waals surface area contributed by atoms with E-state index in [1.165, 1.54) is 32.1 Å². The maximum Gasteiger partial charge on any atom is 0.250 e. The monoisotopic (exact) mass is 490 g/mol. The number of hydrogen-bond donors (Lipinski definition) is 3. The highest BCUT2D eigenvalue weighted by Crippen LogP contribution is 2.40. The Morgan fingerprint density at radius 2 is 2.14 bits per heavy atom. The first-order valence-corrected chi connectivity index (χ1v) is 12.0. The molecular weight excluding hydrogens is 463 g/mol. The van der Waals surface area contributed by atoms with Crippen LogP contribution in [0.1, 0.15) is 44.2 Å². The van der Waals surface area contributed by atoms with Gasteiger partial charge in [0, 0.05) is 42.2 Å². The van der Waals surface area contributed by atoms with Crippen LogP contribution in [0.15, 0.2) is 42.6 Å². The molecule has 11 heteroatoms. The maximum atomic E-state index is 14.2. The standard InChI is InChI=1S/C25H27FN8O2/c1-25(23(35)27-16-8-9-20(36-2)17(26)13-16)10-4-11-33(25)24-29-22(19-5-3-12-34(19)32-24)28-21-14-18(30-31-21)15-6-7-15/h3,5,8-9,12-15H,4,6-7,10-11H2,1-2H3,(H,27,35)(H2,28,29,30,31,32)/t25-/m0/s1. The summed E-state index contributed by atoms with van der Waals surface area (Å²) in [4.78, 5) is 20.2. The summed E-state index contributed by atoms with van der Waals surface area (Å²) in [6.45, 7) is 2.47. The number of benzene rings is 1. The van der Waals surface area contributed by atoms with E-state index < -0.39 is 11.4 Å². The number of methoxy groups -OCH3 is 1. The number of ether oxygens (including phenoxy) is 1. The van der Waals surface area contributed by atoms with Gasteiger partial charge < -0.3 is 20.3 Å². The number of amides is 1. The number of carbonyl (C=O) groups is 1. The molecule has 1 aromatic carbocycles. The third-order valence-electron chi connectivity index (χ3n) is 7.02. The molecule has 4 aromatic rings. The normalized spacial score (nSPS) is 19.6. The van der Waals surface area contributed by atoms with Crippen LogP contribution in [0.25, 0.3) is 5.52 Å². The molecule has 36 heavy (non-hydrogen) atoms. The molecule has 10 nitrogen and oxygen atoms in total. The lowest BCUT2D eigenvalue weighted by Gasteiger charge is -2.34. The Kier molecular flexibility index (Phi) is 5.27. The number of aromatic amines is 1. The van der Waals surface area contributed by atoms with Crippen LogP contribution in [-0.2, 0) is 4.79 Å². The van der Waals surface area contributed by atoms with Crippen molar-refractivity contribution in [2.45, 2.75) is 44.1 Å². The minimum absolute atomic E-state index is 0.122. The van der Waals surface area contributed by atoms with Crippen molar-refractivity contribution in [3.8, 4) is 5.75 Å². The SMILES string of the molecule is COc1ccc(NC(=O)[C@]2(C)CCCN2c2nc(Nc3cc(C4CC4)[nH]n3)c3cccn3n2)cc1F. The Morgan fingerprint density at radius 3 is 2.92 bits per heavy atom. The van der Waals surface area contributed by atoms with Crippen LogP contribution in [0.5, 0.6) is 5.75 Å². The van der Waals surface area contributed by atoms with Gasteiger partial charge in [-0.25, -0.2) is 8.91 Å². The average molecular weight is 491 g/mol. The minimum atomic E-state index is -0.917. The fourth-order valence-corrected chi connectivity index (χ4v) is 4.78. The van der Waals surface area contributed by atoms with Crippen molar-refractivity contribution in [3.05, 3.63) is 54.1 Å². The number of nitrogens with one attached hydrogen (secondary N) is 3. The number of halogens is 1. The fraction of sp³-hybridized carbons (Fsp3) is 0.360. The van der Waals surface area contributed by atoms with E-state index in [-0.39, 0.29) is 11.7 Å². The molecule has 0 unspecified atom stereocenters. The second-order valence-electron chi connectivity index (χ2n) is 9.54. The summed E-state index contributed by atoms with van der Waals surface area (Å²) in [5, 5.41) is 18.4. The highest BCUT2D eigenvalue weighted by atomic mass is 19.1. The van der Waals surface area contributed by atoms with E-state index in [1.807, 2.05) is 36.2 Å². The third kappa shape index (κ3) is 3.90. The Hall–Kier alpha value is -4.15. The summed E-state index contributed by atoms with van der Waals surface area (Å²) in [5.74, 6) is 1.61. The molecule has 0 radical (unpaired) electrons. The third-order valence-corrected chi connectivity index (χ3v) is 7.02. The molecule has 2 aliphatic rings. The van der Waals surface area contributed by atoms with Crippen molar-refractivity contribution in [1.29, 1.82) is 0 Å². The molecule has 3 N–H and O–H groups in total. The van der Waals surface area contributed by atoms with E-state index >= 15 is 0 Å². The molecule has 2 fully saturated rings. The molecule has 1 atom stereocenters. The van der Waals surface area contributed by atoms with E-state index in [1.54, 1.807) is 10.6 Å². The van der Waals surface area contributed by atoms with E-state index in [0.717, 1.165) is 17.6 Å². The van der Waals surface area contributed by atoms with E-state index in [0.29, 0.717) is 42.2 Å². The number of H-pyrrole nitrogens is 1. The van der Waals surface area contributed by atoms with Gasteiger partial charge >= 0.3 is 0 Å². The average Bonchev–Trinajstić information content (AvgIpc) is 3.23. The van der Waals surface area contributed by atoms with Crippen LogP contribution < -0.4 is 20.3 Å². The molecule has 3 aromatic heterocycles. The number of aromatic nitrogens is 5. The summed E-state index contributed by atoms with van der Waals surface area (Å²) in [6.07, 6.45) is 5.61. The summed E-state index contributed by atoms with van der Waals surface area (Å²) in [6, 6.07) is 10.2. The van der Waals surface area contributed by atoms with Crippen LogP contribution in [0.2, 0.25) is 0 Å². The maximum absolute atomic E-state index is 14.2. The second kappa shape index (κ2) is 8.51. The van der Waals surface area contributed by atoms with Crippen LogP contribution in [0.4, 0.5) is 27.7 Å². The van der Waals surface area contributed by atoms with E-state index in [4.69, 9.17) is 14.8 Å². The fourth-order valence-electron chi connectivity index (χ4n) is 4.78. The molecule has 1 saturated heterocycles. The Labute approximate surface area is 206 Å². The molecule has 1 saturated carbocycles. The zero-order valence-corrected chi connectivity index (χ0v) is 20.1. The highest BCUT2D eigenvalue weighted by molar-refractivity contribution is 6.00. The number of carbonyl (C=O) groups excluding carboxylic acids is 1. The van der Waals surface area contributed by atoms with Crippen molar-refractivity contribution in [1.82, 2.24) is 24.8 Å². The van der Waals surface area contributed by atoms with Crippen molar-refractivity contribution in [2.75, 3.05) is 29.2 Å². The predicted octanol–water partition coefficient (Wildman–Crippen LogP) is 4.22. The molecule has 1 aliphatic carbocycles. The van der Waals surface area contributed by atoms with Gasteiger partial charge in [0.2, 0.25) is 11.9 Å². The molecule has 186 valence electrons. The topological polar surface area (TPSA) is 112 Å². The van der Waals surface area contributed by atoms with Crippen molar-refractivity contribution in [2.24, 2.45) is 0 Å². The lowest BCUT2D eigenvalue weighted by molar-refractivity contribution is -0.120. The zero-order valence-electron chi connectivity index (χ0n) is 20.1. The van der Waals surface area contributed by atoms with Crippen molar-refractivity contribution >= 4 is 34.7 Å². The molecule has 1 amide bonds. The molecule has 0 bridgehead atoms. The van der Waals surface area contributed by atoms with Gasteiger partial charge in [0.1, 0.15) is 11.1 Å². The molecule has 4 heterocycles. The first-order chi connectivity index (χ1) is 17.4. The van der Waals surface area contributed by atoms with Crippen LogP contribution in [0.3, 0.4) is 0 Å². The Bertz CT molecular complexity index is 1450. The summed E-state index contributed by atoms with van der Waals surface area (Å²) >= 11 is 0. The smallest absolute Gasteiger partial charge is 0.250 e. The Balaban J connectivity index is 1.29. The van der Waals surface area contributed by atoms with Gasteiger partial charge in [0.15, 0.2) is 23.2 Å². The summed E-state index contributed by atoms with van der Waals surface area (Å²) in [5.41, 5.74) is 1.37. The minimum Gasteiger partial charge on any atom is -0.494 e. The first-order valence-electron chi connectivity index (χ1n) is 12.0. The van der Waals surface area contributed by atoms with Gasteiger partial charge in [-0.15, -0.1) is 5.10 Å². The first kappa shape index (κ1) is 22.3. The predicted molar refractivity (Wildman–Crippen MR) is 133 cm³/mol. The van der Waals surface area contributed by atoms with Gasteiger partial charge in [-0.3, -0.25) is 9.89 Å². The van der Waals surface area contributed by atoms with Crippen molar-refractivity contribution in [3.63, 3.8) is 0 Å². The van der Waals surface area contributed by atoms with Crippen LogP contribution >= 0.6 is 0 Å². The van der Waals surface area contributed by atoms with E-state index in [2.05, 4.69) is 20.8 Å². The molecule has 6 rings (SSSR count). The molecule has 1 aliphatic heterocycles. The number of fused-ring (bicyclic) bond motifs is 1. The van der Waals surface area contributed by atoms with Crippen molar-refractivity contribution < 1.29 is 13.9 Å². The second-order valence-corrected chi connectivity index (χ2v) is 9.54. The molecular formula is C25H27FN8O2. The van der Waals surface area contributed by atoms with Gasteiger partial charge in [-0.05, 0) is 56.9 Å². The summed E-state index contributed by atoms with van der Waals surface area (Å²) in [7, 11) is 1.40. The van der Waals surface area contributed by atoms with Crippen LogP contribution in [0, 0.1) is 5.82 Å². The van der Waals surface area contributed by atoms with Gasteiger partial charge in [-0.1, -0.05) is 0 Å². The van der Waals surface area contributed by atoms with Gasteiger partial charge in [-0.2, -0.15) is 10.1 Å². The van der Waals surface area contributed by atoms with Crippen LogP contribution in [-0.4, -0.2) is 49.9 Å². The number of rotatable bonds is 7. The zero-order chi connectivity index (χ0) is 24.9. The van der Waals surface area contributed by atoms with Gasteiger partial charge in [0.25, 0.3) is 0 Å². The Morgan fingerprint density at radius 1 is 1.28 bits per heavy atom. The summed E-state index contributed by atoms with van der Waals surface area (Å²) < 4.78 is 20.9. The largest absolute Gasteiger partial charge is 0.494 e. The number of anilines is 4.